The molecule has 0 rings (SSSR count). The average molecular weight is 246 g/mol. The normalized spacial score (nSPS) is 15.9. The highest BCUT2D eigenvalue weighted by atomic mass is 16.4. The molecule has 98 valence electrons. The molecule has 0 saturated carbocycles. The largest absolute Gasteiger partial charge is 0.481 e. The predicted octanol–water partition coefficient (Wildman–Crippen LogP) is 1.30. The molecule has 0 aliphatic heterocycles. The van der Waals surface area contributed by atoms with Gasteiger partial charge < -0.3 is 15.3 Å². The second kappa shape index (κ2) is 6.88. The molecule has 0 aromatic rings. The lowest BCUT2D eigenvalue weighted by molar-refractivity contribution is -0.153. The number of hydrogen-bond donors (Lipinski definition) is 3. The van der Waals surface area contributed by atoms with Crippen LogP contribution in [0.25, 0.3) is 0 Å². The van der Waals surface area contributed by atoms with Crippen molar-refractivity contribution < 1.29 is 29.7 Å². The van der Waals surface area contributed by atoms with E-state index in [1.165, 1.54) is 6.92 Å². The van der Waals surface area contributed by atoms with Gasteiger partial charge in [0.15, 0.2) is 0 Å². The smallest absolute Gasteiger partial charge is 0.307 e. The Morgan fingerprint density at radius 3 is 1.76 bits per heavy atom. The minimum atomic E-state index is -1.19. The van der Waals surface area contributed by atoms with Crippen LogP contribution in [0.5, 0.6) is 0 Å². The summed E-state index contributed by atoms with van der Waals surface area (Å²) in [5.41, 5.74) is 0. The van der Waals surface area contributed by atoms with Gasteiger partial charge in [-0.3, -0.25) is 14.4 Å². The molecular weight excluding hydrogens is 228 g/mol. The zero-order chi connectivity index (χ0) is 13.6. The maximum absolute atomic E-state index is 10.9. The first-order valence-corrected chi connectivity index (χ1v) is 5.49. The monoisotopic (exact) mass is 246 g/mol. The molecule has 0 bridgehead atoms. The molecule has 17 heavy (non-hydrogen) atoms. The summed E-state index contributed by atoms with van der Waals surface area (Å²) in [5, 5.41) is 26.5. The van der Waals surface area contributed by atoms with E-state index >= 15 is 0 Å². The Kier molecular flexibility index (Phi) is 6.23. The Morgan fingerprint density at radius 2 is 1.47 bits per heavy atom. The average Bonchev–Trinajstić information content (AvgIpc) is 2.22. The van der Waals surface area contributed by atoms with Crippen LogP contribution in [0.3, 0.4) is 0 Å². The van der Waals surface area contributed by atoms with E-state index in [2.05, 4.69) is 0 Å². The molecule has 6 heteroatoms. The molecule has 0 heterocycles. The number of carboxylic acids is 3. The van der Waals surface area contributed by atoms with Gasteiger partial charge in [0.25, 0.3) is 0 Å². The Bertz CT molecular complexity index is 298. The van der Waals surface area contributed by atoms with E-state index in [1.54, 1.807) is 6.92 Å². The maximum Gasteiger partial charge on any atom is 0.307 e. The van der Waals surface area contributed by atoms with E-state index in [0.717, 1.165) is 0 Å². The first-order valence-electron chi connectivity index (χ1n) is 5.49. The van der Waals surface area contributed by atoms with Crippen LogP contribution in [-0.4, -0.2) is 33.2 Å². The van der Waals surface area contributed by atoms with Gasteiger partial charge in [-0.2, -0.15) is 0 Å². The first-order chi connectivity index (χ1) is 7.81. The zero-order valence-electron chi connectivity index (χ0n) is 9.92. The summed E-state index contributed by atoms with van der Waals surface area (Å²) in [6.45, 7) is 3.03. The topological polar surface area (TPSA) is 112 Å². The first kappa shape index (κ1) is 15.4. The second-order valence-corrected chi connectivity index (χ2v) is 4.09. The minimum absolute atomic E-state index is 0.0631. The van der Waals surface area contributed by atoms with Gasteiger partial charge in [-0.1, -0.05) is 13.8 Å². The van der Waals surface area contributed by atoms with Crippen molar-refractivity contribution in [2.45, 2.75) is 33.1 Å². The third kappa shape index (κ3) is 4.84. The van der Waals surface area contributed by atoms with Crippen LogP contribution in [0, 0.1) is 17.8 Å². The van der Waals surface area contributed by atoms with Crippen molar-refractivity contribution in [3.8, 4) is 0 Å². The van der Waals surface area contributed by atoms with E-state index in [4.69, 9.17) is 15.3 Å². The van der Waals surface area contributed by atoms with Crippen LogP contribution in [0.15, 0.2) is 0 Å². The van der Waals surface area contributed by atoms with Crippen LogP contribution >= 0.6 is 0 Å². The Labute approximate surface area is 99.3 Å². The fraction of sp³-hybridized carbons (Fsp3) is 0.727. The summed E-state index contributed by atoms with van der Waals surface area (Å²) in [5.74, 6) is -6.02. The van der Waals surface area contributed by atoms with E-state index < -0.39 is 35.7 Å². The van der Waals surface area contributed by atoms with Gasteiger partial charge in [-0.05, 0) is 19.3 Å². The Balaban J connectivity index is 4.52. The highest BCUT2D eigenvalue weighted by Gasteiger charge is 2.31. The second-order valence-electron chi connectivity index (χ2n) is 4.09. The summed E-state index contributed by atoms with van der Waals surface area (Å²) < 4.78 is 0. The molecular formula is C11H18O6. The van der Waals surface area contributed by atoms with Crippen molar-refractivity contribution in [2.75, 3.05) is 0 Å². The fourth-order valence-corrected chi connectivity index (χ4v) is 1.64. The molecule has 0 aromatic carbocycles. The third-order valence-electron chi connectivity index (χ3n) is 2.98. The van der Waals surface area contributed by atoms with Crippen LogP contribution < -0.4 is 0 Å². The fourth-order valence-electron chi connectivity index (χ4n) is 1.64. The highest BCUT2D eigenvalue weighted by molar-refractivity contribution is 5.79. The Hall–Kier alpha value is -1.59. The van der Waals surface area contributed by atoms with Gasteiger partial charge in [-0.15, -0.1) is 0 Å². The van der Waals surface area contributed by atoms with Crippen molar-refractivity contribution in [3.05, 3.63) is 0 Å². The van der Waals surface area contributed by atoms with E-state index in [9.17, 15) is 14.4 Å². The number of rotatable bonds is 8. The lowest BCUT2D eigenvalue weighted by Gasteiger charge is -2.18. The summed E-state index contributed by atoms with van der Waals surface area (Å²) >= 11 is 0. The standard InChI is InChI=1S/C11H18O6/c1-3-7(10(14)15)4-5-8(11(16)17)6(2)9(12)13/h6-8H,3-5H2,1-2H3,(H,12,13)(H,14,15)(H,16,17). The highest BCUT2D eigenvalue weighted by Crippen LogP contribution is 2.22. The van der Waals surface area contributed by atoms with Crippen molar-refractivity contribution in [1.29, 1.82) is 0 Å². The number of carboxylic acid groups (broad SMARTS) is 3. The number of aliphatic carboxylic acids is 3. The third-order valence-corrected chi connectivity index (χ3v) is 2.98. The summed E-state index contributed by atoms with van der Waals surface area (Å²) in [6.07, 6.45) is 0.650. The van der Waals surface area contributed by atoms with Crippen molar-refractivity contribution in [3.63, 3.8) is 0 Å². The summed E-state index contributed by atoms with van der Waals surface area (Å²) in [4.78, 5) is 32.4. The molecule has 0 aliphatic rings. The van der Waals surface area contributed by atoms with E-state index in [0.29, 0.717) is 6.42 Å². The molecule has 6 nitrogen and oxygen atoms in total. The van der Waals surface area contributed by atoms with E-state index in [-0.39, 0.29) is 12.8 Å². The number of carbonyl (C=O) groups is 3. The number of hydrogen-bond acceptors (Lipinski definition) is 3. The lowest BCUT2D eigenvalue weighted by atomic mass is 9.86. The van der Waals surface area contributed by atoms with Gasteiger partial charge in [-0.25, -0.2) is 0 Å². The quantitative estimate of drug-likeness (QED) is 0.595. The van der Waals surface area contributed by atoms with Gasteiger partial charge >= 0.3 is 17.9 Å². The molecule has 0 saturated heterocycles. The van der Waals surface area contributed by atoms with Crippen LogP contribution in [0.1, 0.15) is 33.1 Å². The zero-order valence-corrected chi connectivity index (χ0v) is 9.92. The van der Waals surface area contributed by atoms with Gasteiger partial charge in [0.05, 0.1) is 17.8 Å². The summed E-state index contributed by atoms with van der Waals surface area (Å²) in [6, 6.07) is 0. The molecule has 0 aliphatic carbocycles. The summed E-state index contributed by atoms with van der Waals surface area (Å²) in [7, 11) is 0. The molecule has 0 spiro atoms. The van der Waals surface area contributed by atoms with Crippen LogP contribution in [0.2, 0.25) is 0 Å². The predicted molar refractivity (Wildman–Crippen MR) is 58.6 cm³/mol. The van der Waals surface area contributed by atoms with Crippen molar-refractivity contribution in [2.24, 2.45) is 17.8 Å². The van der Waals surface area contributed by atoms with E-state index in [1.807, 2.05) is 0 Å². The molecule has 0 radical (unpaired) electrons. The molecule has 3 unspecified atom stereocenters. The molecule has 0 amide bonds. The maximum atomic E-state index is 10.9. The molecule has 3 N–H and O–H groups in total. The van der Waals surface area contributed by atoms with Crippen LogP contribution in [-0.2, 0) is 14.4 Å². The van der Waals surface area contributed by atoms with Crippen molar-refractivity contribution >= 4 is 17.9 Å². The van der Waals surface area contributed by atoms with Gasteiger partial charge in [0, 0.05) is 0 Å². The lowest BCUT2D eigenvalue weighted by Crippen LogP contribution is -2.28. The molecule has 0 fully saturated rings. The van der Waals surface area contributed by atoms with Gasteiger partial charge in [0.1, 0.15) is 0 Å². The molecule has 0 aromatic heterocycles. The molecule has 3 atom stereocenters. The van der Waals surface area contributed by atoms with Crippen molar-refractivity contribution in [1.82, 2.24) is 0 Å². The van der Waals surface area contributed by atoms with Gasteiger partial charge in [0.2, 0.25) is 0 Å². The Morgan fingerprint density at radius 1 is 0.941 bits per heavy atom. The van der Waals surface area contributed by atoms with Crippen LogP contribution in [0.4, 0.5) is 0 Å². The SMILES string of the molecule is CCC(CCC(C(=O)O)C(C)C(=O)O)C(=O)O. The minimum Gasteiger partial charge on any atom is -0.481 e.